The van der Waals surface area contributed by atoms with Gasteiger partial charge >= 0.3 is 0 Å². The van der Waals surface area contributed by atoms with Gasteiger partial charge in [-0.2, -0.15) is 0 Å². The molecule has 17 heavy (non-hydrogen) atoms. The summed E-state index contributed by atoms with van der Waals surface area (Å²) in [4.78, 5) is 20.9. The number of carbonyl (C=O) groups excluding carboxylic acids is 2. The van der Waals surface area contributed by atoms with E-state index in [0.29, 0.717) is 29.6 Å². The van der Waals surface area contributed by atoms with Gasteiger partial charge in [-0.15, -0.1) is 0 Å². The van der Waals surface area contributed by atoms with Gasteiger partial charge in [0.1, 0.15) is 18.7 Å². The number of rotatable bonds is 7. The Morgan fingerprint density at radius 2 is 2.12 bits per heavy atom. The van der Waals surface area contributed by atoms with Crippen LogP contribution in [0.25, 0.3) is 0 Å². The van der Waals surface area contributed by atoms with E-state index >= 15 is 0 Å². The molecule has 1 unspecified atom stereocenters. The highest BCUT2D eigenvalue weighted by atomic mass is 16.5. The lowest BCUT2D eigenvalue weighted by molar-refractivity contribution is -0.109. The maximum atomic E-state index is 10.6. The molecule has 0 aliphatic rings. The van der Waals surface area contributed by atoms with Crippen LogP contribution in [-0.4, -0.2) is 37.5 Å². The predicted octanol–water partition coefficient (Wildman–Crippen LogP) is 0.836. The zero-order valence-corrected chi connectivity index (χ0v) is 9.46. The number of carbonyl (C=O) groups is 2. The molecule has 0 aliphatic carbocycles. The van der Waals surface area contributed by atoms with Crippen molar-refractivity contribution in [3.8, 4) is 11.5 Å². The highest BCUT2D eigenvalue weighted by Crippen LogP contribution is 2.28. The minimum Gasteiger partial charge on any atom is -0.493 e. The van der Waals surface area contributed by atoms with E-state index in [9.17, 15) is 9.59 Å². The number of methoxy groups -OCH3 is 1. The molecule has 92 valence electrons. The minimum atomic E-state index is -0.608. The van der Waals surface area contributed by atoms with E-state index in [2.05, 4.69) is 0 Å². The van der Waals surface area contributed by atoms with Crippen molar-refractivity contribution in [3.63, 3.8) is 0 Å². The average molecular weight is 238 g/mol. The van der Waals surface area contributed by atoms with Gasteiger partial charge < -0.3 is 19.4 Å². The third-order valence-electron chi connectivity index (χ3n) is 2.18. The lowest BCUT2D eigenvalue weighted by Crippen LogP contribution is -2.21. The van der Waals surface area contributed by atoms with E-state index in [1.165, 1.54) is 13.2 Å². The van der Waals surface area contributed by atoms with Gasteiger partial charge in [0, 0.05) is 12.0 Å². The van der Waals surface area contributed by atoms with Gasteiger partial charge in [-0.25, -0.2) is 0 Å². The van der Waals surface area contributed by atoms with Crippen LogP contribution in [0.5, 0.6) is 11.5 Å². The Labute approximate surface area is 99.0 Å². The van der Waals surface area contributed by atoms with Gasteiger partial charge in [0.25, 0.3) is 0 Å². The maximum Gasteiger partial charge on any atom is 0.161 e. The summed E-state index contributed by atoms with van der Waals surface area (Å²) in [5, 5.41) is 9.00. The Bertz CT molecular complexity index is 388. The molecule has 1 atom stereocenters. The second-order valence-corrected chi connectivity index (χ2v) is 3.35. The van der Waals surface area contributed by atoms with Crippen molar-refractivity contribution in [2.75, 3.05) is 13.7 Å². The third-order valence-corrected chi connectivity index (χ3v) is 2.18. The molecule has 5 heteroatoms. The third kappa shape index (κ3) is 3.57. The van der Waals surface area contributed by atoms with Crippen molar-refractivity contribution in [1.29, 1.82) is 0 Å². The Balaban J connectivity index is 2.88. The molecule has 0 amide bonds. The van der Waals surface area contributed by atoms with E-state index in [1.54, 1.807) is 12.1 Å². The number of aliphatic hydroxyl groups is 1. The van der Waals surface area contributed by atoms with Gasteiger partial charge in [0.2, 0.25) is 0 Å². The number of hydrogen-bond acceptors (Lipinski definition) is 5. The first-order valence-electron chi connectivity index (χ1n) is 5.09. The molecule has 5 nitrogen and oxygen atoms in total. The second kappa shape index (κ2) is 6.65. The molecule has 1 aromatic carbocycles. The molecule has 0 aliphatic heterocycles. The summed E-state index contributed by atoms with van der Waals surface area (Å²) in [5.74, 6) is 0.776. The Morgan fingerprint density at radius 1 is 1.35 bits per heavy atom. The van der Waals surface area contributed by atoms with E-state index < -0.39 is 6.10 Å². The average Bonchev–Trinajstić information content (AvgIpc) is 2.38. The van der Waals surface area contributed by atoms with Gasteiger partial charge in [0.05, 0.1) is 13.7 Å². The lowest BCUT2D eigenvalue weighted by atomic mass is 10.2. The monoisotopic (exact) mass is 238 g/mol. The first-order valence-corrected chi connectivity index (χ1v) is 5.09. The van der Waals surface area contributed by atoms with E-state index in [-0.39, 0.29) is 13.0 Å². The van der Waals surface area contributed by atoms with Gasteiger partial charge in [-0.1, -0.05) is 0 Å². The summed E-state index contributed by atoms with van der Waals surface area (Å²) in [6.45, 7) is -0.267. The first-order chi connectivity index (χ1) is 8.24. The number of hydrogen-bond donors (Lipinski definition) is 1. The summed E-state index contributed by atoms with van der Waals surface area (Å²) in [6.07, 6.45) is 0.854. The van der Waals surface area contributed by atoms with Crippen molar-refractivity contribution < 1.29 is 24.2 Å². The van der Waals surface area contributed by atoms with Crippen LogP contribution in [0.4, 0.5) is 0 Å². The second-order valence-electron chi connectivity index (χ2n) is 3.35. The number of ether oxygens (including phenoxy) is 2. The Morgan fingerprint density at radius 3 is 2.65 bits per heavy atom. The standard InChI is InChI=1S/C12H14O5/c1-16-12-6-9(7-14)2-3-11(12)17-10(8-15)4-5-13/h2-3,5-7,10,15H,4,8H2,1H3. The van der Waals surface area contributed by atoms with Crippen LogP contribution in [0, 0.1) is 0 Å². The maximum absolute atomic E-state index is 10.6. The zero-order chi connectivity index (χ0) is 12.7. The normalized spacial score (nSPS) is 11.6. The molecule has 0 spiro atoms. The van der Waals surface area contributed by atoms with Crippen LogP contribution in [0.3, 0.4) is 0 Å². The SMILES string of the molecule is COc1cc(C=O)ccc1OC(CO)CC=O. The summed E-state index contributed by atoms with van der Waals surface area (Å²) < 4.78 is 10.5. The smallest absolute Gasteiger partial charge is 0.161 e. The van der Waals surface area contributed by atoms with Crippen molar-refractivity contribution in [3.05, 3.63) is 23.8 Å². The Kier molecular flexibility index (Phi) is 5.16. The molecule has 0 saturated heterocycles. The lowest BCUT2D eigenvalue weighted by Gasteiger charge is -2.16. The summed E-state index contributed by atoms with van der Waals surface area (Å²) >= 11 is 0. The zero-order valence-electron chi connectivity index (χ0n) is 9.46. The topological polar surface area (TPSA) is 72.8 Å². The van der Waals surface area contributed by atoms with E-state index in [0.717, 1.165) is 0 Å². The van der Waals surface area contributed by atoms with Gasteiger partial charge in [0.15, 0.2) is 11.5 Å². The first kappa shape index (κ1) is 13.2. The molecule has 0 aromatic heterocycles. The molecule has 0 fully saturated rings. The van der Waals surface area contributed by atoms with Crippen LogP contribution in [0.2, 0.25) is 0 Å². The molecular formula is C12H14O5. The molecular weight excluding hydrogens is 224 g/mol. The van der Waals surface area contributed by atoms with Gasteiger partial charge in [-0.05, 0) is 18.2 Å². The Hall–Kier alpha value is -1.88. The molecule has 1 rings (SSSR count). The summed E-state index contributed by atoms with van der Waals surface area (Å²) in [6, 6.07) is 4.66. The van der Waals surface area contributed by atoms with Crippen molar-refractivity contribution in [2.24, 2.45) is 0 Å². The highest BCUT2D eigenvalue weighted by molar-refractivity contribution is 5.76. The van der Waals surface area contributed by atoms with Crippen molar-refractivity contribution in [2.45, 2.75) is 12.5 Å². The van der Waals surface area contributed by atoms with E-state index in [4.69, 9.17) is 14.6 Å². The highest BCUT2D eigenvalue weighted by Gasteiger charge is 2.12. The van der Waals surface area contributed by atoms with Crippen LogP contribution >= 0.6 is 0 Å². The largest absolute Gasteiger partial charge is 0.493 e. The van der Waals surface area contributed by atoms with Crippen molar-refractivity contribution >= 4 is 12.6 Å². The van der Waals surface area contributed by atoms with E-state index in [1.807, 2.05) is 0 Å². The fourth-order valence-corrected chi connectivity index (χ4v) is 1.30. The van der Waals surface area contributed by atoms with Gasteiger partial charge in [-0.3, -0.25) is 4.79 Å². The van der Waals surface area contributed by atoms with Crippen LogP contribution < -0.4 is 9.47 Å². The summed E-state index contributed by atoms with van der Waals surface area (Å²) in [7, 11) is 1.45. The quantitative estimate of drug-likeness (QED) is 0.712. The predicted molar refractivity (Wildman–Crippen MR) is 60.6 cm³/mol. The van der Waals surface area contributed by atoms with Crippen LogP contribution in [0.15, 0.2) is 18.2 Å². The fraction of sp³-hybridized carbons (Fsp3) is 0.333. The number of aldehydes is 2. The molecule has 0 bridgehead atoms. The van der Waals surface area contributed by atoms with Crippen LogP contribution in [-0.2, 0) is 4.79 Å². The van der Waals surface area contributed by atoms with Crippen molar-refractivity contribution in [1.82, 2.24) is 0 Å². The molecule has 0 heterocycles. The molecule has 1 N–H and O–H groups in total. The molecule has 1 aromatic rings. The fourth-order valence-electron chi connectivity index (χ4n) is 1.30. The summed E-state index contributed by atoms with van der Waals surface area (Å²) in [5.41, 5.74) is 0.463. The van der Waals surface area contributed by atoms with Crippen LogP contribution in [0.1, 0.15) is 16.8 Å². The number of benzene rings is 1. The molecule has 0 saturated carbocycles. The number of aliphatic hydroxyl groups excluding tert-OH is 1. The minimum absolute atomic E-state index is 0.0923. The molecule has 0 radical (unpaired) electrons.